The van der Waals surface area contributed by atoms with Gasteiger partial charge in [0.25, 0.3) is 0 Å². The van der Waals surface area contributed by atoms with Crippen molar-refractivity contribution >= 4 is 5.91 Å². The number of hydrogen-bond acceptors (Lipinski definition) is 1. The zero-order chi connectivity index (χ0) is 13.3. The van der Waals surface area contributed by atoms with Gasteiger partial charge in [-0.1, -0.05) is 44.2 Å². The van der Waals surface area contributed by atoms with E-state index in [1.165, 1.54) is 0 Å². The van der Waals surface area contributed by atoms with Crippen molar-refractivity contribution < 1.29 is 9.18 Å². The van der Waals surface area contributed by atoms with Crippen LogP contribution >= 0.6 is 0 Å². The molecular formula is C15H20FNO. The van der Waals surface area contributed by atoms with E-state index in [4.69, 9.17) is 0 Å². The van der Waals surface area contributed by atoms with Crippen molar-refractivity contribution in [1.82, 2.24) is 4.90 Å². The van der Waals surface area contributed by atoms with Gasteiger partial charge in [-0.3, -0.25) is 9.18 Å². The first-order chi connectivity index (χ1) is 8.48. The molecule has 3 heteroatoms. The van der Waals surface area contributed by atoms with Crippen LogP contribution in [-0.4, -0.2) is 24.0 Å². The van der Waals surface area contributed by atoms with Crippen molar-refractivity contribution in [1.29, 1.82) is 0 Å². The SMILES string of the molecule is C[C@H](c1ccccc1)N1C[C@@H](CF)C(C)(C)C1=O. The molecule has 0 N–H and O–H groups in total. The summed E-state index contributed by atoms with van der Waals surface area (Å²) in [6.45, 7) is 5.77. The second-order valence-electron chi connectivity index (χ2n) is 5.62. The van der Waals surface area contributed by atoms with Gasteiger partial charge in [-0.15, -0.1) is 0 Å². The van der Waals surface area contributed by atoms with Crippen LogP contribution in [0.2, 0.25) is 0 Å². The molecule has 0 saturated carbocycles. The van der Waals surface area contributed by atoms with Crippen LogP contribution < -0.4 is 0 Å². The summed E-state index contributed by atoms with van der Waals surface area (Å²) in [5, 5.41) is 0. The maximum atomic E-state index is 13.0. The smallest absolute Gasteiger partial charge is 0.229 e. The number of hydrogen-bond donors (Lipinski definition) is 0. The summed E-state index contributed by atoms with van der Waals surface area (Å²) in [6, 6.07) is 9.90. The highest BCUT2D eigenvalue weighted by Gasteiger charge is 2.48. The molecule has 1 aromatic carbocycles. The lowest BCUT2D eigenvalue weighted by Gasteiger charge is -2.26. The summed E-state index contributed by atoms with van der Waals surface area (Å²) < 4.78 is 13.0. The van der Waals surface area contributed by atoms with Crippen LogP contribution in [0.3, 0.4) is 0 Å². The molecule has 0 bridgehead atoms. The average molecular weight is 249 g/mol. The summed E-state index contributed by atoms with van der Waals surface area (Å²) in [6.07, 6.45) is 0. The van der Waals surface area contributed by atoms with E-state index in [9.17, 15) is 9.18 Å². The van der Waals surface area contributed by atoms with E-state index in [0.29, 0.717) is 6.54 Å². The normalized spacial score (nSPS) is 24.3. The Hall–Kier alpha value is -1.38. The minimum absolute atomic E-state index is 0.00882. The first kappa shape index (κ1) is 13.1. The fraction of sp³-hybridized carbons (Fsp3) is 0.533. The predicted octanol–water partition coefficient (Wildman–Crippen LogP) is 3.20. The topological polar surface area (TPSA) is 20.3 Å². The number of carbonyl (C=O) groups excluding carboxylic acids is 1. The maximum absolute atomic E-state index is 13.0. The van der Waals surface area contributed by atoms with Gasteiger partial charge in [0.05, 0.1) is 18.1 Å². The lowest BCUT2D eigenvalue weighted by Crippen LogP contribution is -2.33. The number of rotatable bonds is 3. The third kappa shape index (κ3) is 2.02. The number of amides is 1. The quantitative estimate of drug-likeness (QED) is 0.805. The zero-order valence-electron chi connectivity index (χ0n) is 11.2. The Bertz CT molecular complexity index is 429. The molecule has 0 radical (unpaired) electrons. The third-order valence-corrected chi connectivity index (χ3v) is 4.19. The van der Waals surface area contributed by atoms with Crippen LogP contribution in [0.1, 0.15) is 32.4 Å². The number of benzene rings is 1. The molecule has 2 nitrogen and oxygen atoms in total. The van der Waals surface area contributed by atoms with Crippen LogP contribution in [0.15, 0.2) is 30.3 Å². The molecule has 98 valence electrons. The van der Waals surface area contributed by atoms with E-state index in [2.05, 4.69) is 0 Å². The minimum atomic E-state index is -0.586. The van der Waals surface area contributed by atoms with Gasteiger partial charge in [-0.2, -0.15) is 0 Å². The van der Waals surface area contributed by atoms with Gasteiger partial charge >= 0.3 is 0 Å². The Kier molecular flexibility index (Phi) is 3.42. The van der Waals surface area contributed by atoms with Crippen molar-refractivity contribution in [3.63, 3.8) is 0 Å². The molecule has 0 spiro atoms. The molecule has 1 amide bonds. The maximum Gasteiger partial charge on any atom is 0.229 e. The monoisotopic (exact) mass is 249 g/mol. The fourth-order valence-corrected chi connectivity index (χ4v) is 2.58. The van der Waals surface area contributed by atoms with Crippen molar-refractivity contribution in [2.45, 2.75) is 26.8 Å². The van der Waals surface area contributed by atoms with Gasteiger partial charge in [0.1, 0.15) is 0 Å². The second-order valence-corrected chi connectivity index (χ2v) is 5.62. The van der Waals surface area contributed by atoms with Gasteiger partial charge in [0.15, 0.2) is 0 Å². The summed E-state index contributed by atoms with van der Waals surface area (Å²) >= 11 is 0. The molecular weight excluding hydrogens is 229 g/mol. The highest BCUT2D eigenvalue weighted by Crippen LogP contribution is 2.40. The number of nitrogens with zero attached hydrogens (tertiary/aromatic N) is 1. The molecule has 1 heterocycles. The summed E-state index contributed by atoms with van der Waals surface area (Å²) in [5.74, 6) is -0.141. The summed E-state index contributed by atoms with van der Waals surface area (Å²) in [4.78, 5) is 14.2. The van der Waals surface area contributed by atoms with Gasteiger partial charge in [-0.25, -0.2) is 0 Å². The number of likely N-dealkylation sites (tertiary alicyclic amines) is 1. The highest BCUT2D eigenvalue weighted by atomic mass is 19.1. The second kappa shape index (κ2) is 4.71. The molecule has 1 aromatic rings. The molecule has 2 atom stereocenters. The van der Waals surface area contributed by atoms with E-state index in [1.807, 2.05) is 51.1 Å². The van der Waals surface area contributed by atoms with Gasteiger partial charge in [0, 0.05) is 12.5 Å². The number of carbonyl (C=O) groups is 1. The molecule has 0 aliphatic carbocycles. The molecule has 1 saturated heterocycles. The van der Waals surface area contributed by atoms with E-state index in [-0.39, 0.29) is 17.9 Å². The Morgan fingerprint density at radius 2 is 2.00 bits per heavy atom. The first-order valence-corrected chi connectivity index (χ1v) is 6.40. The van der Waals surface area contributed by atoms with Crippen molar-refractivity contribution in [3.8, 4) is 0 Å². The molecule has 18 heavy (non-hydrogen) atoms. The van der Waals surface area contributed by atoms with Gasteiger partial charge in [0.2, 0.25) is 5.91 Å². The standard InChI is InChI=1S/C15H20FNO/c1-11(12-7-5-4-6-8-12)17-10-13(9-16)15(2,3)14(17)18/h4-8,11,13H,9-10H2,1-3H3/t11-,13-/m1/s1. The molecule has 1 fully saturated rings. The number of halogens is 1. The molecule has 2 rings (SSSR count). The molecule has 1 aliphatic heterocycles. The zero-order valence-corrected chi connectivity index (χ0v) is 11.2. The largest absolute Gasteiger partial charge is 0.335 e. The lowest BCUT2D eigenvalue weighted by molar-refractivity contribution is -0.137. The molecule has 1 aliphatic rings. The Morgan fingerprint density at radius 1 is 1.39 bits per heavy atom. The van der Waals surface area contributed by atoms with Crippen molar-refractivity contribution in [2.75, 3.05) is 13.2 Å². The Labute approximate surface area is 108 Å². The van der Waals surface area contributed by atoms with Crippen LogP contribution in [0.25, 0.3) is 0 Å². The lowest BCUT2D eigenvalue weighted by atomic mass is 9.82. The Balaban J connectivity index is 2.23. The van der Waals surface area contributed by atoms with Crippen LogP contribution in [0.4, 0.5) is 4.39 Å². The predicted molar refractivity (Wildman–Crippen MR) is 69.8 cm³/mol. The van der Waals surface area contributed by atoms with E-state index in [1.54, 1.807) is 4.90 Å². The molecule has 0 unspecified atom stereocenters. The van der Waals surface area contributed by atoms with Gasteiger partial charge in [-0.05, 0) is 12.5 Å². The number of alkyl halides is 1. The molecule has 0 aromatic heterocycles. The van der Waals surface area contributed by atoms with E-state index >= 15 is 0 Å². The minimum Gasteiger partial charge on any atom is -0.335 e. The van der Waals surface area contributed by atoms with E-state index < -0.39 is 12.1 Å². The van der Waals surface area contributed by atoms with Crippen LogP contribution in [-0.2, 0) is 4.79 Å². The Morgan fingerprint density at radius 3 is 2.50 bits per heavy atom. The van der Waals surface area contributed by atoms with E-state index in [0.717, 1.165) is 5.56 Å². The van der Waals surface area contributed by atoms with Crippen molar-refractivity contribution in [2.24, 2.45) is 11.3 Å². The first-order valence-electron chi connectivity index (χ1n) is 6.40. The van der Waals surface area contributed by atoms with Crippen LogP contribution in [0.5, 0.6) is 0 Å². The van der Waals surface area contributed by atoms with Crippen molar-refractivity contribution in [3.05, 3.63) is 35.9 Å². The average Bonchev–Trinajstić information content (AvgIpc) is 2.61. The van der Waals surface area contributed by atoms with Crippen LogP contribution in [0, 0.1) is 11.3 Å². The summed E-state index contributed by atoms with van der Waals surface area (Å²) in [5.41, 5.74) is 0.513. The fourth-order valence-electron chi connectivity index (χ4n) is 2.58. The summed E-state index contributed by atoms with van der Waals surface area (Å²) in [7, 11) is 0. The van der Waals surface area contributed by atoms with Gasteiger partial charge < -0.3 is 4.90 Å². The third-order valence-electron chi connectivity index (χ3n) is 4.19. The highest BCUT2D eigenvalue weighted by molar-refractivity contribution is 5.85.